The van der Waals surface area contributed by atoms with Crippen LogP contribution >= 0.6 is 0 Å². The molecule has 1 aromatic rings. The van der Waals surface area contributed by atoms with E-state index in [2.05, 4.69) is 13.0 Å². The summed E-state index contributed by atoms with van der Waals surface area (Å²) in [6, 6.07) is 6.01. The van der Waals surface area contributed by atoms with Gasteiger partial charge < -0.3 is 9.84 Å². The van der Waals surface area contributed by atoms with Gasteiger partial charge in [0, 0.05) is 0 Å². The molecule has 20 heavy (non-hydrogen) atoms. The summed E-state index contributed by atoms with van der Waals surface area (Å²) in [4.78, 5) is 0. The van der Waals surface area contributed by atoms with Crippen LogP contribution in [0.5, 0.6) is 5.75 Å². The summed E-state index contributed by atoms with van der Waals surface area (Å²) in [5.74, 6) is 0.825. The van der Waals surface area contributed by atoms with Gasteiger partial charge in [0.2, 0.25) is 0 Å². The molecule has 112 valence electrons. The first kappa shape index (κ1) is 15.3. The first-order chi connectivity index (χ1) is 9.32. The summed E-state index contributed by atoms with van der Waals surface area (Å²) in [6.07, 6.45) is 1.43. The molecule has 0 amide bonds. The molecule has 0 unspecified atom stereocenters. The summed E-state index contributed by atoms with van der Waals surface area (Å²) >= 11 is 0. The Hall–Kier alpha value is -1.07. The highest BCUT2D eigenvalue weighted by Gasteiger charge is 2.36. The van der Waals surface area contributed by atoms with Crippen LogP contribution in [0.25, 0.3) is 0 Å². The summed E-state index contributed by atoms with van der Waals surface area (Å²) in [7, 11) is -2.97. The van der Waals surface area contributed by atoms with Crippen LogP contribution in [-0.4, -0.2) is 37.2 Å². The molecule has 0 saturated carbocycles. The van der Waals surface area contributed by atoms with Crippen LogP contribution in [0.3, 0.4) is 0 Å². The summed E-state index contributed by atoms with van der Waals surface area (Å²) in [5, 5.41) is 10.4. The van der Waals surface area contributed by atoms with Crippen LogP contribution in [0.1, 0.15) is 30.9 Å². The average molecular weight is 298 g/mol. The molecule has 0 spiro atoms. The van der Waals surface area contributed by atoms with Crippen molar-refractivity contribution in [2.45, 2.75) is 38.7 Å². The summed E-state index contributed by atoms with van der Waals surface area (Å²) in [5.41, 5.74) is 1.29. The molecule has 1 aromatic carbocycles. The van der Waals surface area contributed by atoms with Gasteiger partial charge in [-0.1, -0.05) is 13.0 Å². The molecular weight excluding hydrogens is 276 g/mol. The fourth-order valence-corrected chi connectivity index (χ4v) is 3.98. The van der Waals surface area contributed by atoms with Crippen LogP contribution in [-0.2, 0) is 16.3 Å². The minimum absolute atomic E-state index is 0.0425. The second kappa shape index (κ2) is 5.74. The Labute approximate surface area is 120 Å². The van der Waals surface area contributed by atoms with Gasteiger partial charge in [-0.25, -0.2) is 8.42 Å². The monoisotopic (exact) mass is 298 g/mol. The lowest BCUT2D eigenvalue weighted by Gasteiger charge is -2.31. The van der Waals surface area contributed by atoms with Crippen molar-refractivity contribution in [3.8, 4) is 5.75 Å². The molecule has 1 N–H and O–H groups in total. The predicted octanol–water partition coefficient (Wildman–Crippen LogP) is 1.88. The fraction of sp³-hybridized carbons (Fsp3) is 0.600. The second-order valence-electron chi connectivity index (χ2n) is 5.67. The van der Waals surface area contributed by atoms with Crippen molar-refractivity contribution in [2.24, 2.45) is 0 Å². The normalized spacial score (nSPS) is 20.6. The van der Waals surface area contributed by atoms with Crippen LogP contribution < -0.4 is 4.74 Å². The van der Waals surface area contributed by atoms with Crippen molar-refractivity contribution < 1.29 is 18.3 Å². The van der Waals surface area contributed by atoms with Crippen molar-refractivity contribution in [2.75, 3.05) is 18.1 Å². The minimum Gasteiger partial charge on any atom is -0.491 e. The van der Waals surface area contributed by atoms with Gasteiger partial charge in [0.1, 0.15) is 18.0 Å². The molecule has 1 heterocycles. The van der Waals surface area contributed by atoms with E-state index in [0.717, 1.165) is 17.7 Å². The number of sulfone groups is 1. The number of aliphatic hydroxyl groups is 1. The van der Waals surface area contributed by atoms with Crippen molar-refractivity contribution >= 4 is 9.84 Å². The van der Waals surface area contributed by atoms with E-state index in [1.54, 1.807) is 0 Å². The summed E-state index contributed by atoms with van der Waals surface area (Å²) < 4.78 is 28.5. The van der Waals surface area contributed by atoms with Crippen LogP contribution in [0.15, 0.2) is 18.2 Å². The molecule has 0 aromatic heterocycles. The van der Waals surface area contributed by atoms with Gasteiger partial charge in [0.15, 0.2) is 9.84 Å². The number of benzene rings is 1. The SMILES string of the molecule is CCc1cc(C)cc(OCC2(O)CCS(=O)(=O)CC2)c1. The van der Waals surface area contributed by atoms with Gasteiger partial charge in [0.25, 0.3) is 0 Å². The molecule has 1 fully saturated rings. The Kier molecular flexibility index (Phi) is 4.39. The topological polar surface area (TPSA) is 63.6 Å². The molecule has 0 bridgehead atoms. The Morgan fingerprint density at radius 2 is 1.90 bits per heavy atom. The van der Waals surface area contributed by atoms with Crippen molar-refractivity contribution in [3.05, 3.63) is 29.3 Å². The van der Waals surface area contributed by atoms with Gasteiger partial charge >= 0.3 is 0 Å². The third kappa shape index (κ3) is 3.96. The quantitative estimate of drug-likeness (QED) is 0.922. The molecule has 2 rings (SSSR count). The van der Waals surface area contributed by atoms with Crippen LogP contribution in [0, 0.1) is 6.92 Å². The van der Waals surface area contributed by atoms with E-state index >= 15 is 0 Å². The van der Waals surface area contributed by atoms with E-state index < -0.39 is 15.4 Å². The van der Waals surface area contributed by atoms with Gasteiger partial charge in [-0.3, -0.25) is 0 Å². The van der Waals surface area contributed by atoms with Gasteiger partial charge in [-0.15, -0.1) is 0 Å². The van der Waals surface area contributed by atoms with Crippen LogP contribution in [0.2, 0.25) is 0 Å². The first-order valence-electron chi connectivity index (χ1n) is 6.98. The maximum Gasteiger partial charge on any atom is 0.150 e. The van der Waals surface area contributed by atoms with E-state index in [0.29, 0.717) is 0 Å². The molecular formula is C15H22O4S. The van der Waals surface area contributed by atoms with Crippen LogP contribution in [0.4, 0.5) is 0 Å². The fourth-order valence-electron chi connectivity index (χ4n) is 2.39. The molecule has 0 radical (unpaired) electrons. The van der Waals surface area contributed by atoms with Crippen molar-refractivity contribution in [3.63, 3.8) is 0 Å². The zero-order valence-corrected chi connectivity index (χ0v) is 12.9. The molecule has 1 saturated heterocycles. The average Bonchev–Trinajstić information content (AvgIpc) is 2.40. The number of aryl methyl sites for hydroxylation is 2. The van der Waals surface area contributed by atoms with E-state index in [9.17, 15) is 13.5 Å². The third-order valence-corrected chi connectivity index (χ3v) is 5.44. The summed E-state index contributed by atoms with van der Waals surface area (Å²) in [6.45, 7) is 4.24. The highest BCUT2D eigenvalue weighted by molar-refractivity contribution is 7.91. The number of ether oxygens (including phenoxy) is 1. The zero-order valence-electron chi connectivity index (χ0n) is 12.1. The lowest BCUT2D eigenvalue weighted by molar-refractivity contribution is -0.0128. The lowest BCUT2D eigenvalue weighted by atomic mass is 9.98. The highest BCUT2D eigenvalue weighted by atomic mass is 32.2. The first-order valence-corrected chi connectivity index (χ1v) is 8.80. The van der Waals surface area contributed by atoms with E-state index in [1.165, 1.54) is 5.56 Å². The number of hydrogen-bond donors (Lipinski definition) is 1. The largest absolute Gasteiger partial charge is 0.491 e. The van der Waals surface area contributed by atoms with Gasteiger partial charge in [0.05, 0.1) is 11.5 Å². The Morgan fingerprint density at radius 3 is 2.50 bits per heavy atom. The van der Waals surface area contributed by atoms with E-state index in [4.69, 9.17) is 4.74 Å². The standard InChI is InChI=1S/C15H22O4S/c1-3-13-8-12(2)9-14(10-13)19-11-15(16)4-6-20(17,18)7-5-15/h8-10,16H,3-7,11H2,1-2H3. The highest BCUT2D eigenvalue weighted by Crippen LogP contribution is 2.26. The van der Waals surface area contributed by atoms with E-state index in [-0.39, 0.29) is 31.0 Å². The molecule has 0 aliphatic carbocycles. The molecule has 1 aliphatic heterocycles. The van der Waals surface area contributed by atoms with Gasteiger partial charge in [-0.05, 0) is 49.4 Å². The molecule has 5 heteroatoms. The maximum atomic E-state index is 11.4. The third-order valence-electron chi connectivity index (χ3n) is 3.78. The van der Waals surface area contributed by atoms with Gasteiger partial charge in [-0.2, -0.15) is 0 Å². The van der Waals surface area contributed by atoms with E-state index in [1.807, 2.05) is 19.1 Å². The number of hydrogen-bond acceptors (Lipinski definition) is 4. The second-order valence-corrected chi connectivity index (χ2v) is 7.98. The molecule has 0 atom stereocenters. The smallest absolute Gasteiger partial charge is 0.150 e. The Bertz CT molecular complexity index is 564. The minimum atomic E-state index is -2.97. The maximum absolute atomic E-state index is 11.4. The zero-order chi connectivity index (χ0) is 14.8. The Balaban J connectivity index is 2.00. The van der Waals surface area contributed by atoms with Crippen molar-refractivity contribution in [1.29, 1.82) is 0 Å². The van der Waals surface area contributed by atoms with Crippen molar-refractivity contribution in [1.82, 2.24) is 0 Å². The predicted molar refractivity (Wildman–Crippen MR) is 78.9 cm³/mol. The number of rotatable bonds is 4. The Morgan fingerprint density at radius 1 is 1.25 bits per heavy atom. The molecule has 4 nitrogen and oxygen atoms in total. The molecule has 1 aliphatic rings. The lowest BCUT2D eigenvalue weighted by Crippen LogP contribution is -2.43.